The summed E-state index contributed by atoms with van der Waals surface area (Å²) in [4.78, 5) is 4.34. The Morgan fingerprint density at radius 2 is 1.70 bits per heavy atom. The van der Waals surface area contributed by atoms with E-state index >= 15 is 0 Å². The van der Waals surface area contributed by atoms with Crippen LogP contribution in [-0.4, -0.2) is 4.98 Å². The van der Waals surface area contributed by atoms with Crippen molar-refractivity contribution in [1.82, 2.24) is 4.98 Å². The van der Waals surface area contributed by atoms with Crippen LogP contribution in [0.4, 0.5) is 0 Å². The standard InChI is InChI=1S/C17H11BrN.Ir/c18-16-12-14(17-8-4-5-11-19-17)9-10-15(16)13-6-2-1-3-7-13;/h1-8,10-12H;/q-1;. The van der Waals surface area contributed by atoms with Crippen LogP contribution >= 0.6 is 15.9 Å². The molecule has 0 fully saturated rings. The monoisotopic (exact) mass is 501 g/mol. The van der Waals surface area contributed by atoms with E-state index in [9.17, 15) is 0 Å². The number of hydrogen-bond donors (Lipinski definition) is 0. The molecule has 0 aliphatic heterocycles. The van der Waals surface area contributed by atoms with Gasteiger partial charge in [-0.05, 0) is 11.8 Å². The molecule has 0 spiro atoms. The van der Waals surface area contributed by atoms with E-state index in [-0.39, 0.29) is 20.1 Å². The molecule has 1 heterocycles. The molecule has 0 saturated carbocycles. The Morgan fingerprint density at radius 3 is 2.35 bits per heavy atom. The second-order valence-corrected chi connectivity index (χ2v) is 5.04. The molecule has 0 bridgehead atoms. The maximum atomic E-state index is 4.34. The van der Waals surface area contributed by atoms with Crippen LogP contribution in [0.5, 0.6) is 0 Å². The third kappa shape index (κ3) is 3.24. The minimum absolute atomic E-state index is 0. The summed E-state index contributed by atoms with van der Waals surface area (Å²) in [6, 6.07) is 23.5. The van der Waals surface area contributed by atoms with Crippen LogP contribution < -0.4 is 0 Å². The largest absolute Gasteiger partial charge is 0.305 e. The molecule has 2 aromatic carbocycles. The van der Waals surface area contributed by atoms with E-state index < -0.39 is 0 Å². The molecular weight excluding hydrogens is 490 g/mol. The summed E-state index contributed by atoms with van der Waals surface area (Å²) in [6.45, 7) is 0. The Morgan fingerprint density at radius 1 is 0.950 bits per heavy atom. The molecule has 0 N–H and O–H groups in total. The normalized spacial score (nSPS) is 9.85. The molecule has 1 nitrogen and oxygen atoms in total. The molecule has 1 radical (unpaired) electrons. The number of aromatic nitrogens is 1. The Labute approximate surface area is 140 Å². The first kappa shape index (κ1) is 15.1. The Kier molecular flexibility index (Phi) is 5.24. The average Bonchev–Trinajstić information content (AvgIpc) is 2.49. The zero-order valence-electron chi connectivity index (χ0n) is 10.5. The minimum Gasteiger partial charge on any atom is -0.305 e. The number of pyridine rings is 1. The van der Waals surface area contributed by atoms with Gasteiger partial charge in [-0.25, -0.2) is 0 Å². The molecule has 0 aliphatic rings. The predicted octanol–water partition coefficient (Wildman–Crippen LogP) is 4.98. The quantitative estimate of drug-likeness (QED) is 0.452. The van der Waals surface area contributed by atoms with E-state index in [4.69, 9.17) is 0 Å². The third-order valence-electron chi connectivity index (χ3n) is 2.93. The van der Waals surface area contributed by atoms with Gasteiger partial charge in [-0.15, -0.1) is 23.8 Å². The second-order valence-electron chi connectivity index (χ2n) is 4.19. The number of hydrogen-bond acceptors (Lipinski definition) is 1. The molecule has 3 aromatic rings. The van der Waals surface area contributed by atoms with Gasteiger partial charge in [0.1, 0.15) is 0 Å². The van der Waals surface area contributed by atoms with Crippen LogP contribution in [0.1, 0.15) is 0 Å². The fourth-order valence-corrected chi connectivity index (χ4v) is 2.55. The molecule has 0 atom stereocenters. The SMILES string of the molecule is Brc1cc(-c2ccccn2)[c-]cc1-c1ccccc1.[Ir]. The Bertz CT molecular complexity index is 684. The Balaban J connectivity index is 0.00000147. The minimum atomic E-state index is 0. The van der Waals surface area contributed by atoms with Gasteiger partial charge in [0.2, 0.25) is 0 Å². The summed E-state index contributed by atoms with van der Waals surface area (Å²) in [6.07, 6.45) is 1.79. The van der Waals surface area contributed by atoms with Crippen molar-refractivity contribution in [3.63, 3.8) is 0 Å². The van der Waals surface area contributed by atoms with Crippen LogP contribution in [0.3, 0.4) is 0 Å². The van der Waals surface area contributed by atoms with Crippen LogP contribution in [0.25, 0.3) is 22.4 Å². The summed E-state index contributed by atoms with van der Waals surface area (Å²) >= 11 is 3.63. The van der Waals surface area contributed by atoms with E-state index in [0.717, 1.165) is 21.3 Å². The smallest absolute Gasteiger partial charge is 0.0160 e. The van der Waals surface area contributed by atoms with Crippen molar-refractivity contribution in [3.05, 3.63) is 77.4 Å². The molecule has 0 saturated heterocycles. The van der Waals surface area contributed by atoms with E-state index in [1.165, 1.54) is 5.56 Å². The van der Waals surface area contributed by atoms with Crippen molar-refractivity contribution in [2.24, 2.45) is 0 Å². The molecular formula is C17H11BrIrN-. The fourth-order valence-electron chi connectivity index (χ4n) is 1.97. The van der Waals surface area contributed by atoms with Crippen molar-refractivity contribution < 1.29 is 20.1 Å². The first-order valence-corrected chi connectivity index (χ1v) is 6.82. The number of benzene rings is 2. The summed E-state index contributed by atoms with van der Waals surface area (Å²) in [5.74, 6) is 0. The molecule has 3 rings (SSSR count). The van der Waals surface area contributed by atoms with Gasteiger partial charge >= 0.3 is 0 Å². The predicted molar refractivity (Wildman–Crippen MR) is 81.6 cm³/mol. The van der Waals surface area contributed by atoms with Crippen LogP contribution in [0.15, 0.2) is 71.3 Å². The van der Waals surface area contributed by atoms with Gasteiger partial charge in [0.15, 0.2) is 0 Å². The van der Waals surface area contributed by atoms with Gasteiger partial charge in [0, 0.05) is 26.3 Å². The summed E-state index contributed by atoms with van der Waals surface area (Å²) in [5, 5.41) is 0. The number of nitrogens with zero attached hydrogens (tertiary/aromatic N) is 1. The van der Waals surface area contributed by atoms with E-state index in [1.807, 2.05) is 42.5 Å². The number of halogens is 1. The maximum absolute atomic E-state index is 4.34. The average molecular weight is 501 g/mol. The molecule has 0 unspecified atom stereocenters. The van der Waals surface area contributed by atoms with Gasteiger partial charge in [-0.2, -0.15) is 0 Å². The zero-order chi connectivity index (χ0) is 13.1. The first-order chi connectivity index (χ1) is 9.34. The Hall–Kier alpha value is -1.28. The molecule has 0 aliphatic carbocycles. The van der Waals surface area contributed by atoms with Crippen molar-refractivity contribution in [1.29, 1.82) is 0 Å². The summed E-state index contributed by atoms with van der Waals surface area (Å²) < 4.78 is 1.05. The molecule has 3 heteroatoms. The van der Waals surface area contributed by atoms with Crippen molar-refractivity contribution in [2.75, 3.05) is 0 Å². The van der Waals surface area contributed by atoms with E-state index in [1.54, 1.807) is 6.20 Å². The topological polar surface area (TPSA) is 12.9 Å². The summed E-state index contributed by atoms with van der Waals surface area (Å²) in [7, 11) is 0. The fraction of sp³-hybridized carbons (Fsp3) is 0. The van der Waals surface area contributed by atoms with Crippen LogP contribution in [0.2, 0.25) is 0 Å². The van der Waals surface area contributed by atoms with Crippen molar-refractivity contribution in [2.45, 2.75) is 0 Å². The van der Waals surface area contributed by atoms with Crippen molar-refractivity contribution >= 4 is 15.9 Å². The van der Waals surface area contributed by atoms with Gasteiger partial charge < -0.3 is 4.98 Å². The second kappa shape index (κ2) is 6.94. The van der Waals surface area contributed by atoms with E-state index in [2.05, 4.69) is 45.2 Å². The third-order valence-corrected chi connectivity index (χ3v) is 3.58. The molecule has 0 amide bonds. The van der Waals surface area contributed by atoms with Crippen molar-refractivity contribution in [3.8, 4) is 22.4 Å². The van der Waals surface area contributed by atoms with E-state index in [0.29, 0.717) is 0 Å². The van der Waals surface area contributed by atoms with Gasteiger partial charge in [-0.1, -0.05) is 74.0 Å². The zero-order valence-corrected chi connectivity index (χ0v) is 14.5. The maximum Gasteiger partial charge on any atom is 0.0160 e. The van der Waals surface area contributed by atoms with Crippen LogP contribution in [0, 0.1) is 6.07 Å². The first-order valence-electron chi connectivity index (χ1n) is 6.02. The van der Waals surface area contributed by atoms with Crippen LogP contribution in [-0.2, 0) is 20.1 Å². The van der Waals surface area contributed by atoms with Gasteiger partial charge in [-0.3, -0.25) is 0 Å². The molecule has 1 aromatic heterocycles. The summed E-state index contributed by atoms with van der Waals surface area (Å²) in [5.41, 5.74) is 4.24. The van der Waals surface area contributed by atoms with Gasteiger partial charge in [0.05, 0.1) is 0 Å². The molecule has 101 valence electrons. The number of rotatable bonds is 2. The van der Waals surface area contributed by atoms with Gasteiger partial charge in [0.25, 0.3) is 0 Å². The molecule has 20 heavy (non-hydrogen) atoms.